The van der Waals surface area contributed by atoms with Crippen molar-refractivity contribution in [2.75, 3.05) is 0 Å². The molecule has 0 saturated carbocycles. The van der Waals surface area contributed by atoms with E-state index in [9.17, 15) is 26.7 Å². The Hall–Kier alpha value is -1.05. The van der Waals surface area contributed by atoms with Crippen LogP contribution in [0, 0.1) is 0 Å². The highest BCUT2D eigenvalue weighted by Gasteiger charge is 2.34. The van der Waals surface area contributed by atoms with Crippen LogP contribution in [0.3, 0.4) is 0 Å². The predicted octanol–water partition coefficient (Wildman–Crippen LogP) is 3.61. The molecular formula is C8H3BrF5NO. The molecule has 0 bridgehead atoms. The number of carbonyl (C=O) groups is 1. The molecular weight excluding hydrogens is 301 g/mol. The van der Waals surface area contributed by atoms with Gasteiger partial charge in [-0.3, -0.25) is 4.79 Å². The Morgan fingerprint density at radius 1 is 1.38 bits per heavy atom. The van der Waals surface area contributed by atoms with Crippen molar-refractivity contribution in [3.05, 3.63) is 27.5 Å². The van der Waals surface area contributed by atoms with Crippen LogP contribution < -0.4 is 0 Å². The van der Waals surface area contributed by atoms with Crippen molar-refractivity contribution in [1.29, 1.82) is 0 Å². The van der Waals surface area contributed by atoms with Gasteiger partial charge >= 0.3 is 6.18 Å². The maximum atomic E-state index is 12.4. The van der Waals surface area contributed by atoms with Gasteiger partial charge in [0.1, 0.15) is 11.4 Å². The third kappa shape index (κ3) is 2.55. The van der Waals surface area contributed by atoms with Gasteiger partial charge in [-0.15, -0.1) is 0 Å². The topological polar surface area (TPSA) is 30.0 Å². The summed E-state index contributed by atoms with van der Waals surface area (Å²) < 4.78 is 61.0. The molecule has 0 radical (unpaired) electrons. The Morgan fingerprint density at radius 3 is 2.31 bits per heavy atom. The number of hydrogen-bond donors (Lipinski definition) is 0. The van der Waals surface area contributed by atoms with Gasteiger partial charge in [0.2, 0.25) is 0 Å². The van der Waals surface area contributed by atoms with E-state index in [0.717, 1.165) is 0 Å². The molecule has 1 aromatic heterocycles. The zero-order chi connectivity index (χ0) is 12.5. The Morgan fingerprint density at radius 2 is 1.94 bits per heavy atom. The number of hydrogen-bond acceptors (Lipinski definition) is 2. The van der Waals surface area contributed by atoms with E-state index in [0.29, 0.717) is 6.07 Å². The van der Waals surface area contributed by atoms with Gasteiger partial charge in [0.15, 0.2) is 6.29 Å². The van der Waals surface area contributed by atoms with Gasteiger partial charge in [0.05, 0.1) is 5.56 Å². The molecule has 0 aliphatic rings. The smallest absolute Gasteiger partial charge is 0.296 e. The van der Waals surface area contributed by atoms with Crippen LogP contribution in [0.2, 0.25) is 0 Å². The monoisotopic (exact) mass is 303 g/mol. The largest absolute Gasteiger partial charge is 0.433 e. The summed E-state index contributed by atoms with van der Waals surface area (Å²) in [5.74, 6) is 0. The van der Waals surface area contributed by atoms with Crippen molar-refractivity contribution in [2.24, 2.45) is 0 Å². The summed E-state index contributed by atoms with van der Waals surface area (Å²) in [4.78, 5) is 13.2. The van der Waals surface area contributed by atoms with E-state index in [1.807, 2.05) is 0 Å². The molecule has 88 valence electrons. The van der Waals surface area contributed by atoms with Crippen LogP contribution in [-0.2, 0) is 6.18 Å². The molecule has 1 heterocycles. The number of nitrogens with zero attached hydrogens (tertiary/aromatic N) is 1. The van der Waals surface area contributed by atoms with Crippen molar-refractivity contribution in [3.8, 4) is 0 Å². The predicted molar refractivity (Wildman–Crippen MR) is 47.3 cm³/mol. The van der Waals surface area contributed by atoms with E-state index in [2.05, 4.69) is 20.9 Å². The van der Waals surface area contributed by atoms with Crippen LogP contribution in [0.1, 0.15) is 28.2 Å². The fraction of sp³-hybridized carbons (Fsp3) is 0.250. The Kier molecular flexibility index (Phi) is 3.61. The fourth-order valence-electron chi connectivity index (χ4n) is 0.993. The summed E-state index contributed by atoms with van der Waals surface area (Å²) in [7, 11) is 0. The maximum Gasteiger partial charge on any atom is 0.433 e. The second kappa shape index (κ2) is 4.44. The standard InChI is InChI=1S/C8H3BrF5NO/c9-3-1-5(8(12,13)14)15-4(2-16)6(3)7(10)11/h1-2,7H. The molecule has 2 nitrogen and oxygen atoms in total. The molecule has 0 aliphatic heterocycles. The molecule has 0 unspecified atom stereocenters. The highest BCUT2D eigenvalue weighted by atomic mass is 79.9. The van der Waals surface area contributed by atoms with Crippen molar-refractivity contribution < 1.29 is 26.7 Å². The normalized spacial score (nSPS) is 11.9. The number of pyridine rings is 1. The van der Waals surface area contributed by atoms with Gasteiger partial charge in [-0.1, -0.05) is 15.9 Å². The van der Waals surface area contributed by atoms with Crippen LogP contribution in [0.4, 0.5) is 22.0 Å². The lowest BCUT2D eigenvalue weighted by Crippen LogP contribution is -2.11. The molecule has 0 N–H and O–H groups in total. The first-order valence-electron chi connectivity index (χ1n) is 3.78. The summed E-state index contributed by atoms with van der Waals surface area (Å²) in [6, 6.07) is 0.411. The molecule has 1 rings (SSSR count). The lowest BCUT2D eigenvalue weighted by atomic mass is 10.2. The van der Waals surface area contributed by atoms with Crippen molar-refractivity contribution in [1.82, 2.24) is 4.98 Å². The van der Waals surface area contributed by atoms with E-state index < -0.39 is 34.0 Å². The lowest BCUT2D eigenvalue weighted by molar-refractivity contribution is -0.141. The zero-order valence-electron chi connectivity index (χ0n) is 7.36. The highest BCUT2D eigenvalue weighted by molar-refractivity contribution is 9.10. The van der Waals surface area contributed by atoms with E-state index in [1.165, 1.54) is 0 Å². The average molecular weight is 304 g/mol. The number of halogens is 6. The molecule has 0 aliphatic carbocycles. The van der Waals surface area contributed by atoms with Crippen LogP contribution >= 0.6 is 15.9 Å². The molecule has 0 amide bonds. The molecule has 0 saturated heterocycles. The minimum Gasteiger partial charge on any atom is -0.296 e. The molecule has 0 aromatic carbocycles. The Labute approximate surface area is 94.6 Å². The molecule has 1 aromatic rings. The van der Waals surface area contributed by atoms with Crippen molar-refractivity contribution >= 4 is 22.2 Å². The molecule has 8 heteroatoms. The number of rotatable bonds is 2. The van der Waals surface area contributed by atoms with Crippen LogP contribution in [0.5, 0.6) is 0 Å². The number of aldehydes is 1. The van der Waals surface area contributed by atoms with Crippen LogP contribution in [-0.4, -0.2) is 11.3 Å². The van der Waals surface area contributed by atoms with Crippen molar-refractivity contribution in [3.63, 3.8) is 0 Å². The van der Waals surface area contributed by atoms with Gasteiger partial charge in [-0.25, -0.2) is 13.8 Å². The summed E-state index contributed by atoms with van der Waals surface area (Å²) in [6.45, 7) is 0. The molecule has 0 spiro atoms. The van der Waals surface area contributed by atoms with E-state index in [4.69, 9.17) is 0 Å². The molecule has 16 heavy (non-hydrogen) atoms. The van der Waals surface area contributed by atoms with Crippen LogP contribution in [0.15, 0.2) is 10.5 Å². The number of alkyl halides is 5. The van der Waals surface area contributed by atoms with Gasteiger partial charge in [-0.2, -0.15) is 13.2 Å². The van der Waals surface area contributed by atoms with E-state index in [-0.39, 0.29) is 6.29 Å². The number of carbonyl (C=O) groups excluding carboxylic acids is 1. The minimum atomic E-state index is -4.79. The average Bonchev–Trinajstić information content (AvgIpc) is 2.14. The summed E-state index contributed by atoms with van der Waals surface area (Å²) in [5.41, 5.74) is -3.16. The van der Waals surface area contributed by atoms with E-state index >= 15 is 0 Å². The van der Waals surface area contributed by atoms with Gasteiger partial charge in [0, 0.05) is 4.47 Å². The first kappa shape index (κ1) is 13.0. The summed E-state index contributed by atoms with van der Waals surface area (Å²) >= 11 is 2.55. The number of aromatic nitrogens is 1. The minimum absolute atomic E-state index is 0.137. The lowest BCUT2D eigenvalue weighted by Gasteiger charge is -2.10. The van der Waals surface area contributed by atoms with Crippen LogP contribution in [0.25, 0.3) is 0 Å². The summed E-state index contributed by atoms with van der Waals surface area (Å²) in [6.07, 6.45) is -8.01. The fourth-order valence-corrected chi connectivity index (χ4v) is 1.59. The Bertz CT molecular complexity index is 418. The summed E-state index contributed by atoms with van der Waals surface area (Å²) in [5, 5.41) is 0. The van der Waals surface area contributed by atoms with E-state index in [1.54, 1.807) is 0 Å². The highest BCUT2D eigenvalue weighted by Crippen LogP contribution is 2.35. The molecule has 0 atom stereocenters. The quantitative estimate of drug-likeness (QED) is 0.617. The zero-order valence-corrected chi connectivity index (χ0v) is 8.94. The second-order valence-corrected chi connectivity index (χ2v) is 3.56. The van der Waals surface area contributed by atoms with Gasteiger partial charge in [-0.05, 0) is 6.07 Å². The van der Waals surface area contributed by atoms with Gasteiger partial charge < -0.3 is 0 Å². The van der Waals surface area contributed by atoms with Gasteiger partial charge in [0.25, 0.3) is 6.43 Å². The SMILES string of the molecule is O=Cc1nc(C(F)(F)F)cc(Br)c1C(F)F. The van der Waals surface area contributed by atoms with Crippen molar-refractivity contribution in [2.45, 2.75) is 12.6 Å². The Balaban J connectivity index is 3.44. The third-order valence-corrected chi connectivity index (χ3v) is 2.31. The first-order valence-corrected chi connectivity index (χ1v) is 4.57. The third-order valence-electron chi connectivity index (χ3n) is 1.66. The maximum absolute atomic E-state index is 12.4. The first-order chi connectivity index (χ1) is 7.27. The second-order valence-electron chi connectivity index (χ2n) is 2.70. The molecule has 0 fully saturated rings.